The summed E-state index contributed by atoms with van der Waals surface area (Å²) in [6.45, 7) is 18.6. The third kappa shape index (κ3) is 4.86. The maximum Gasteiger partial charge on any atom is 0.169 e. The largest absolute Gasteiger partial charge is 0.373 e. The predicted octanol–water partition coefficient (Wildman–Crippen LogP) is 8.35. The highest BCUT2D eigenvalue weighted by Crippen LogP contribution is 2.46. The first-order chi connectivity index (χ1) is 18.2. The molecule has 0 spiro atoms. The lowest BCUT2D eigenvalue weighted by molar-refractivity contribution is -0.181. The van der Waals surface area contributed by atoms with Crippen LogP contribution < -0.4 is 0 Å². The maximum absolute atomic E-state index is 16.4. The van der Waals surface area contributed by atoms with Gasteiger partial charge in [-0.25, -0.2) is 9.37 Å². The van der Waals surface area contributed by atoms with Crippen LogP contribution >= 0.6 is 0 Å². The molecule has 2 unspecified atom stereocenters. The minimum Gasteiger partial charge on any atom is -0.373 e. The highest BCUT2D eigenvalue weighted by atomic mass is 28.3. The van der Waals surface area contributed by atoms with E-state index in [1.165, 1.54) is 0 Å². The van der Waals surface area contributed by atoms with Gasteiger partial charge in [-0.3, -0.25) is 0 Å². The average molecular weight is 534 g/mol. The molecule has 1 aliphatic heterocycles. The van der Waals surface area contributed by atoms with E-state index in [4.69, 9.17) is 9.47 Å². The molecule has 1 fully saturated rings. The minimum atomic E-state index is -2.11. The molecule has 0 saturated carbocycles. The number of fused-ring (bicyclic) bond motifs is 1. The van der Waals surface area contributed by atoms with Crippen molar-refractivity contribution in [2.24, 2.45) is 0 Å². The van der Waals surface area contributed by atoms with E-state index in [9.17, 15) is 5.26 Å². The molecule has 38 heavy (non-hydrogen) atoms. The molecule has 0 aliphatic carbocycles. The Bertz CT molecular complexity index is 1310. The van der Waals surface area contributed by atoms with Gasteiger partial charge < -0.3 is 13.7 Å². The summed E-state index contributed by atoms with van der Waals surface area (Å²) in [6, 6.07) is 9.32. The van der Waals surface area contributed by atoms with Crippen molar-refractivity contribution in [1.29, 1.82) is 5.26 Å². The first-order valence-corrected chi connectivity index (χ1v) is 15.9. The molecule has 5 nitrogen and oxygen atoms in total. The quantitative estimate of drug-likeness (QED) is 0.259. The zero-order valence-electron chi connectivity index (χ0n) is 23.5. The van der Waals surface area contributed by atoms with Gasteiger partial charge in [0.2, 0.25) is 0 Å². The Morgan fingerprint density at radius 2 is 1.87 bits per heavy atom. The van der Waals surface area contributed by atoms with E-state index < -0.39 is 20.6 Å². The molecule has 202 valence electrons. The molecule has 0 amide bonds. The Balaban J connectivity index is 1.96. The van der Waals surface area contributed by atoms with Crippen molar-refractivity contribution >= 4 is 25.2 Å². The summed E-state index contributed by atoms with van der Waals surface area (Å²) in [7, 11) is -2.11. The van der Waals surface area contributed by atoms with Crippen molar-refractivity contribution in [3.63, 3.8) is 0 Å². The van der Waals surface area contributed by atoms with Gasteiger partial charge >= 0.3 is 0 Å². The summed E-state index contributed by atoms with van der Waals surface area (Å²) in [5, 5.41) is 10.4. The Morgan fingerprint density at radius 1 is 1.16 bits per heavy atom. The second-order valence-electron chi connectivity index (χ2n) is 11.3. The smallest absolute Gasteiger partial charge is 0.169 e. The molecule has 3 aromatic rings. The SMILES string of the molecule is C=Cc1c(C(OC2CCCCO2)c2ccnc(C#N)c2)c(F)cc2c1ccn2[Si](C(C)C)(C(C)C)C(C)C. The topological polar surface area (TPSA) is 60.1 Å². The molecule has 4 rings (SSSR count). The van der Waals surface area contributed by atoms with Gasteiger partial charge in [0.25, 0.3) is 0 Å². The van der Waals surface area contributed by atoms with Gasteiger partial charge in [0, 0.05) is 29.3 Å². The monoisotopic (exact) mass is 533 g/mol. The normalized spacial score (nSPS) is 17.3. The van der Waals surface area contributed by atoms with Gasteiger partial charge in [-0.1, -0.05) is 54.2 Å². The zero-order valence-corrected chi connectivity index (χ0v) is 24.5. The van der Waals surface area contributed by atoms with Gasteiger partial charge in [-0.15, -0.1) is 0 Å². The number of hydrogen-bond donors (Lipinski definition) is 0. The van der Waals surface area contributed by atoms with Crippen molar-refractivity contribution in [3.8, 4) is 6.07 Å². The van der Waals surface area contributed by atoms with Crippen LogP contribution in [0.2, 0.25) is 16.6 Å². The predicted molar refractivity (Wildman–Crippen MR) is 154 cm³/mol. The van der Waals surface area contributed by atoms with Crippen LogP contribution in [-0.4, -0.2) is 30.3 Å². The number of nitrogens with zero attached hydrogens (tertiary/aromatic N) is 3. The van der Waals surface area contributed by atoms with E-state index in [1.807, 2.05) is 0 Å². The summed E-state index contributed by atoms with van der Waals surface area (Å²) < 4.78 is 31.2. The van der Waals surface area contributed by atoms with Gasteiger partial charge in [0.15, 0.2) is 14.5 Å². The van der Waals surface area contributed by atoms with E-state index in [2.05, 4.69) is 75.7 Å². The Morgan fingerprint density at radius 3 is 2.45 bits per heavy atom. The van der Waals surface area contributed by atoms with Crippen LogP contribution in [0, 0.1) is 17.1 Å². The van der Waals surface area contributed by atoms with Crippen LogP contribution in [0.15, 0.2) is 43.2 Å². The van der Waals surface area contributed by atoms with Gasteiger partial charge in [0.1, 0.15) is 23.7 Å². The third-order valence-electron chi connectivity index (χ3n) is 8.31. The number of aromatic nitrogens is 2. The Kier molecular flexibility index (Phi) is 8.56. The molecule has 1 aromatic carbocycles. The van der Waals surface area contributed by atoms with Crippen molar-refractivity contribution in [2.75, 3.05) is 6.61 Å². The van der Waals surface area contributed by atoms with Crippen molar-refractivity contribution < 1.29 is 13.9 Å². The third-order valence-corrected chi connectivity index (χ3v) is 15.1. The lowest BCUT2D eigenvalue weighted by Crippen LogP contribution is -2.51. The summed E-state index contributed by atoms with van der Waals surface area (Å²) in [5.41, 5.74) is 4.37. The highest BCUT2D eigenvalue weighted by Gasteiger charge is 2.46. The fraction of sp³-hybridized carbons (Fsp3) is 0.484. The minimum absolute atomic E-state index is 0.259. The van der Waals surface area contributed by atoms with Crippen LogP contribution in [-0.2, 0) is 9.47 Å². The number of ether oxygens (including phenoxy) is 2. The first kappa shape index (κ1) is 28.2. The molecule has 1 aliphatic rings. The molecule has 7 heteroatoms. The molecule has 0 N–H and O–H groups in total. The van der Waals surface area contributed by atoms with Gasteiger partial charge in [-0.05, 0) is 77.5 Å². The number of benzene rings is 1. The standard InChI is InChI=1S/C31H40FN3O2Si/c1-8-25-26-13-15-35(38(20(2)3,21(4)5)22(6)7)28(26)18-27(32)30(25)31(37-29-11-9-10-16-36-29)23-12-14-34-24(17-23)19-33/h8,12-15,17-18,20-22,29,31H,1,9-11,16H2,2-7H3. The molecule has 0 bridgehead atoms. The average Bonchev–Trinajstić information content (AvgIpc) is 3.30. The summed E-state index contributed by atoms with van der Waals surface area (Å²) in [6.07, 6.45) is 6.96. The zero-order chi connectivity index (χ0) is 27.6. The van der Waals surface area contributed by atoms with Crippen molar-refractivity contribution in [1.82, 2.24) is 9.22 Å². The Labute approximate surface area is 227 Å². The number of nitriles is 1. The number of rotatable bonds is 9. The van der Waals surface area contributed by atoms with Crippen LogP contribution in [0.3, 0.4) is 0 Å². The second kappa shape index (κ2) is 11.5. The van der Waals surface area contributed by atoms with Crippen LogP contribution in [0.4, 0.5) is 4.39 Å². The molecule has 0 radical (unpaired) electrons. The molecule has 1 saturated heterocycles. The van der Waals surface area contributed by atoms with Gasteiger partial charge in [-0.2, -0.15) is 5.26 Å². The molecular weight excluding hydrogens is 493 g/mol. The van der Waals surface area contributed by atoms with Crippen LogP contribution in [0.25, 0.3) is 17.0 Å². The summed E-state index contributed by atoms with van der Waals surface area (Å²) >= 11 is 0. The lowest BCUT2D eigenvalue weighted by Gasteiger charge is -2.44. The fourth-order valence-electron chi connectivity index (χ4n) is 6.90. The van der Waals surface area contributed by atoms with E-state index in [-0.39, 0.29) is 11.5 Å². The Hall–Kier alpha value is -2.79. The summed E-state index contributed by atoms with van der Waals surface area (Å²) in [5.74, 6) is -0.345. The van der Waals surface area contributed by atoms with Crippen molar-refractivity contribution in [3.05, 3.63) is 71.4 Å². The molecule has 3 heterocycles. The molecular formula is C31H40FN3O2Si. The van der Waals surface area contributed by atoms with E-state index in [1.54, 1.807) is 30.5 Å². The molecule has 2 aromatic heterocycles. The fourth-order valence-corrected chi connectivity index (χ4v) is 13.5. The van der Waals surface area contributed by atoms with Crippen molar-refractivity contribution in [2.45, 2.75) is 89.8 Å². The number of pyridine rings is 1. The van der Waals surface area contributed by atoms with E-state index >= 15 is 4.39 Å². The highest BCUT2D eigenvalue weighted by molar-refractivity contribution is 6.82. The lowest BCUT2D eigenvalue weighted by atomic mass is 9.93. The van der Waals surface area contributed by atoms with Crippen LogP contribution in [0.1, 0.15) is 89.3 Å². The number of hydrogen-bond acceptors (Lipinski definition) is 4. The first-order valence-electron chi connectivity index (χ1n) is 13.8. The van der Waals surface area contributed by atoms with Gasteiger partial charge in [0.05, 0.1) is 0 Å². The number of halogens is 1. The maximum atomic E-state index is 16.4. The van der Waals surface area contributed by atoms with E-state index in [0.717, 1.165) is 30.2 Å². The summed E-state index contributed by atoms with van der Waals surface area (Å²) in [4.78, 5) is 4.11. The van der Waals surface area contributed by atoms with E-state index in [0.29, 0.717) is 39.9 Å². The molecule has 2 atom stereocenters. The second-order valence-corrected chi connectivity index (χ2v) is 17.0. The van der Waals surface area contributed by atoms with Crippen LogP contribution in [0.5, 0.6) is 0 Å².